The number of nitrogens with one attached hydrogen (secondary N) is 5. The van der Waals surface area contributed by atoms with E-state index in [-0.39, 0.29) is 35.8 Å². The molecule has 9 nitrogen and oxygen atoms in total. The van der Waals surface area contributed by atoms with Gasteiger partial charge >= 0.3 is 6.03 Å². The van der Waals surface area contributed by atoms with Crippen molar-refractivity contribution in [3.8, 4) is 0 Å². The third kappa shape index (κ3) is 8.81. The summed E-state index contributed by atoms with van der Waals surface area (Å²) in [6.45, 7) is 0.998. The molecule has 2 aliphatic rings. The molecule has 2 fully saturated rings. The van der Waals surface area contributed by atoms with Crippen molar-refractivity contribution in [3.05, 3.63) is 0 Å². The summed E-state index contributed by atoms with van der Waals surface area (Å²) in [5.74, 6) is 0.917. The minimum absolute atomic E-state index is 0.0392. The van der Waals surface area contributed by atoms with Gasteiger partial charge in [0.25, 0.3) is 0 Å². The number of hydrogen-bond donors (Lipinski definition) is 5. The number of amides is 5. The van der Waals surface area contributed by atoms with E-state index in [9.17, 15) is 19.2 Å². The number of carbonyl (C=O) groups is 4. The highest BCUT2D eigenvalue weighted by molar-refractivity contribution is 8.00. The van der Waals surface area contributed by atoms with Gasteiger partial charge in [-0.3, -0.25) is 14.4 Å². The van der Waals surface area contributed by atoms with E-state index in [4.69, 9.17) is 0 Å². The summed E-state index contributed by atoms with van der Waals surface area (Å²) < 4.78 is 0. The second-order valence-electron chi connectivity index (χ2n) is 7.80. The molecule has 170 valence electrons. The van der Waals surface area contributed by atoms with Crippen molar-refractivity contribution in [2.75, 3.05) is 25.9 Å². The molecule has 0 aromatic carbocycles. The molecule has 0 aromatic rings. The maximum absolute atomic E-state index is 11.9. The molecule has 2 heterocycles. The summed E-state index contributed by atoms with van der Waals surface area (Å²) in [5, 5.41) is 14.6. The summed E-state index contributed by atoms with van der Waals surface area (Å²) >= 11 is 1.90. The maximum atomic E-state index is 11.9. The van der Waals surface area contributed by atoms with Gasteiger partial charge in [-0.15, -0.1) is 0 Å². The zero-order valence-corrected chi connectivity index (χ0v) is 18.6. The van der Waals surface area contributed by atoms with Gasteiger partial charge in [0.1, 0.15) is 0 Å². The van der Waals surface area contributed by atoms with Crippen molar-refractivity contribution in [1.29, 1.82) is 0 Å². The number of thioether (sulfide) groups is 1. The summed E-state index contributed by atoms with van der Waals surface area (Å²) in [6, 6.07) is 0.426. The van der Waals surface area contributed by atoms with Gasteiger partial charge < -0.3 is 26.6 Å². The Morgan fingerprint density at radius 2 is 1.60 bits per heavy atom. The normalized spacial score (nSPS) is 22.0. The highest BCUT2D eigenvalue weighted by Gasteiger charge is 2.42. The fourth-order valence-corrected chi connectivity index (χ4v) is 5.25. The highest BCUT2D eigenvalue weighted by Crippen LogP contribution is 2.33. The zero-order valence-electron chi connectivity index (χ0n) is 17.8. The van der Waals surface area contributed by atoms with Crippen molar-refractivity contribution in [2.45, 2.75) is 75.1 Å². The average molecular weight is 442 g/mol. The van der Waals surface area contributed by atoms with Crippen LogP contribution in [0.15, 0.2) is 0 Å². The molecule has 2 aliphatic heterocycles. The quantitative estimate of drug-likeness (QED) is 0.200. The predicted octanol–water partition coefficient (Wildman–Crippen LogP) is 0.641. The molecule has 0 bridgehead atoms. The lowest BCUT2D eigenvalue weighted by Crippen LogP contribution is -2.36. The van der Waals surface area contributed by atoms with Crippen molar-refractivity contribution < 1.29 is 19.2 Å². The van der Waals surface area contributed by atoms with E-state index in [1.165, 1.54) is 0 Å². The Morgan fingerprint density at radius 1 is 0.900 bits per heavy atom. The van der Waals surface area contributed by atoms with E-state index in [0.717, 1.165) is 44.3 Å². The van der Waals surface area contributed by atoms with Crippen LogP contribution in [0.4, 0.5) is 4.79 Å². The monoisotopic (exact) mass is 441 g/mol. The largest absolute Gasteiger partial charge is 0.359 e. The number of hydrogen-bond acceptors (Lipinski definition) is 5. The Hall–Kier alpha value is -1.97. The standard InChI is InChI=1S/C20H35N5O4S/c1-21-16(26)10-12-23-18(28)8-3-2-6-11-22-17(27)9-5-4-7-15-19-14(13-30-15)24-20(29)25-19/h14-15,19H,2-13H2,1H3,(H,21,26)(H,22,27)(H,23,28)(H2,24,25,29)/t14-,15-,19-/m0/s1. The molecule has 0 unspecified atom stereocenters. The fourth-order valence-electron chi connectivity index (χ4n) is 3.71. The van der Waals surface area contributed by atoms with Crippen LogP contribution >= 0.6 is 11.8 Å². The molecular formula is C20H35N5O4S. The molecular weight excluding hydrogens is 406 g/mol. The van der Waals surface area contributed by atoms with Crippen LogP contribution in [0.5, 0.6) is 0 Å². The van der Waals surface area contributed by atoms with Gasteiger partial charge in [-0.2, -0.15) is 11.8 Å². The van der Waals surface area contributed by atoms with Gasteiger partial charge in [0, 0.05) is 50.4 Å². The van der Waals surface area contributed by atoms with Crippen molar-refractivity contribution >= 4 is 35.5 Å². The topological polar surface area (TPSA) is 128 Å². The third-order valence-corrected chi connectivity index (χ3v) is 6.95. The van der Waals surface area contributed by atoms with Gasteiger partial charge in [-0.1, -0.05) is 12.8 Å². The molecule has 0 radical (unpaired) electrons. The molecule has 5 amide bonds. The molecule has 30 heavy (non-hydrogen) atoms. The second kappa shape index (κ2) is 13.4. The maximum Gasteiger partial charge on any atom is 0.315 e. The molecule has 0 aliphatic carbocycles. The van der Waals surface area contributed by atoms with E-state index >= 15 is 0 Å². The first-order chi connectivity index (χ1) is 14.5. The van der Waals surface area contributed by atoms with Crippen LogP contribution in [0.1, 0.15) is 57.8 Å². The van der Waals surface area contributed by atoms with Crippen LogP contribution in [0, 0.1) is 0 Å². The average Bonchev–Trinajstić information content (AvgIpc) is 3.27. The van der Waals surface area contributed by atoms with Gasteiger partial charge in [0.2, 0.25) is 17.7 Å². The van der Waals surface area contributed by atoms with Crippen molar-refractivity contribution in [3.63, 3.8) is 0 Å². The molecule has 2 saturated heterocycles. The summed E-state index contributed by atoms with van der Waals surface area (Å²) in [6.07, 6.45) is 6.64. The minimum Gasteiger partial charge on any atom is -0.359 e. The highest BCUT2D eigenvalue weighted by atomic mass is 32.2. The smallest absolute Gasteiger partial charge is 0.315 e. The lowest BCUT2D eigenvalue weighted by molar-refractivity contribution is -0.123. The summed E-state index contributed by atoms with van der Waals surface area (Å²) in [5.41, 5.74) is 0. The molecule has 0 spiro atoms. The van der Waals surface area contributed by atoms with E-state index in [1.54, 1.807) is 7.05 Å². The lowest BCUT2D eigenvalue weighted by atomic mass is 10.0. The minimum atomic E-state index is -0.0864. The number of unbranched alkanes of at least 4 members (excludes halogenated alkanes) is 3. The number of urea groups is 1. The fraction of sp³-hybridized carbons (Fsp3) is 0.800. The first-order valence-corrected chi connectivity index (χ1v) is 12.0. The Labute approximate surface area is 182 Å². The number of rotatable bonds is 14. The van der Waals surface area contributed by atoms with E-state index in [0.29, 0.717) is 37.6 Å². The molecule has 3 atom stereocenters. The van der Waals surface area contributed by atoms with E-state index in [1.807, 2.05) is 11.8 Å². The van der Waals surface area contributed by atoms with Gasteiger partial charge in [0.05, 0.1) is 12.1 Å². The zero-order chi connectivity index (χ0) is 21.8. The SMILES string of the molecule is CNC(=O)CCNC(=O)CCCCCNC(=O)CCCC[C@@H]1SC[C@@H]2NC(=O)N[C@@H]21. The van der Waals surface area contributed by atoms with E-state index < -0.39 is 0 Å². The Kier molecular flexibility index (Phi) is 10.8. The summed E-state index contributed by atoms with van der Waals surface area (Å²) in [4.78, 5) is 46.0. The molecule has 2 rings (SSSR count). The Morgan fingerprint density at radius 3 is 2.33 bits per heavy atom. The second-order valence-corrected chi connectivity index (χ2v) is 9.07. The van der Waals surface area contributed by atoms with Crippen molar-refractivity contribution in [1.82, 2.24) is 26.6 Å². The van der Waals surface area contributed by atoms with Crippen LogP contribution in [-0.4, -0.2) is 67.0 Å². The molecule has 10 heteroatoms. The third-order valence-electron chi connectivity index (χ3n) is 5.44. The van der Waals surface area contributed by atoms with Gasteiger partial charge in [-0.05, 0) is 25.7 Å². The van der Waals surface area contributed by atoms with Crippen LogP contribution in [0.3, 0.4) is 0 Å². The predicted molar refractivity (Wildman–Crippen MR) is 117 cm³/mol. The van der Waals surface area contributed by atoms with Crippen LogP contribution in [0.2, 0.25) is 0 Å². The van der Waals surface area contributed by atoms with E-state index in [2.05, 4.69) is 26.6 Å². The number of carbonyl (C=O) groups excluding carboxylic acids is 4. The van der Waals surface area contributed by atoms with Crippen molar-refractivity contribution in [2.24, 2.45) is 0 Å². The Bertz CT molecular complexity index is 604. The van der Waals surface area contributed by atoms with Gasteiger partial charge in [-0.25, -0.2) is 4.79 Å². The van der Waals surface area contributed by atoms with Gasteiger partial charge in [0.15, 0.2) is 0 Å². The summed E-state index contributed by atoms with van der Waals surface area (Å²) in [7, 11) is 1.57. The molecule has 0 aromatic heterocycles. The first kappa shape index (κ1) is 24.3. The first-order valence-electron chi connectivity index (χ1n) is 10.9. The van der Waals surface area contributed by atoms with Crippen LogP contribution < -0.4 is 26.6 Å². The molecule has 5 N–H and O–H groups in total. The van der Waals surface area contributed by atoms with Crippen LogP contribution in [-0.2, 0) is 14.4 Å². The Balaban J connectivity index is 1.38. The lowest BCUT2D eigenvalue weighted by Gasteiger charge is -2.16. The number of fused-ring (bicyclic) bond motifs is 1. The molecule has 0 saturated carbocycles. The van der Waals surface area contributed by atoms with Crippen LogP contribution in [0.25, 0.3) is 0 Å².